The summed E-state index contributed by atoms with van der Waals surface area (Å²) in [6, 6.07) is 6.40. The van der Waals surface area contributed by atoms with Gasteiger partial charge >= 0.3 is 11.7 Å². The predicted octanol–water partition coefficient (Wildman–Crippen LogP) is 0.810. The van der Waals surface area contributed by atoms with Crippen molar-refractivity contribution in [3.05, 3.63) is 52.2 Å². The fourth-order valence-electron chi connectivity index (χ4n) is 2.17. The van der Waals surface area contributed by atoms with Crippen LogP contribution in [0, 0.1) is 0 Å². The minimum Gasteiger partial charge on any atom is -0.478 e. The summed E-state index contributed by atoms with van der Waals surface area (Å²) in [5.74, 6) is -1.02. The second-order valence-electron chi connectivity index (χ2n) is 4.50. The van der Waals surface area contributed by atoms with Crippen molar-refractivity contribution >= 4 is 17.0 Å². The molecule has 1 aromatic carbocycles. The van der Waals surface area contributed by atoms with Gasteiger partial charge in [0.15, 0.2) is 0 Å². The first-order chi connectivity index (χ1) is 9.56. The molecular weight excluding hydrogens is 260 g/mol. The van der Waals surface area contributed by atoms with Gasteiger partial charge in [-0.1, -0.05) is 0 Å². The zero-order valence-corrected chi connectivity index (χ0v) is 10.7. The van der Waals surface area contributed by atoms with E-state index in [1.165, 1.54) is 12.1 Å². The number of aryl methyl sites for hydroxylation is 1. The van der Waals surface area contributed by atoms with Gasteiger partial charge in [-0.05, 0) is 24.3 Å². The summed E-state index contributed by atoms with van der Waals surface area (Å²) >= 11 is 0. The Morgan fingerprint density at radius 3 is 2.85 bits per heavy atom. The lowest BCUT2D eigenvalue weighted by molar-refractivity contribution is 0.0697. The molecule has 2 aromatic heterocycles. The highest BCUT2D eigenvalue weighted by molar-refractivity contribution is 5.92. The van der Waals surface area contributed by atoms with Crippen LogP contribution in [0.2, 0.25) is 0 Å². The average molecular weight is 272 g/mol. The molecule has 0 saturated carbocycles. The van der Waals surface area contributed by atoms with E-state index in [0.29, 0.717) is 17.6 Å². The minimum absolute atomic E-state index is 0.145. The zero-order chi connectivity index (χ0) is 14.3. The molecule has 3 aromatic rings. The molecule has 0 amide bonds. The lowest BCUT2D eigenvalue weighted by atomic mass is 10.2. The fourth-order valence-corrected chi connectivity index (χ4v) is 2.17. The Hall–Kier alpha value is -2.83. The molecule has 0 radical (unpaired) electrons. The molecule has 0 aliphatic carbocycles. The van der Waals surface area contributed by atoms with Crippen LogP contribution in [0.4, 0.5) is 0 Å². The number of fused-ring (bicyclic) bond motifs is 1. The monoisotopic (exact) mass is 272 g/mol. The lowest BCUT2D eigenvalue weighted by Gasteiger charge is -2.04. The number of nitrogens with zero attached hydrogens (tertiary/aromatic N) is 3. The molecule has 7 nitrogen and oxygen atoms in total. The number of hydrogen-bond acceptors (Lipinski definition) is 3. The van der Waals surface area contributed by atoms with E-state index in [9.17, 15) is 9.59 Å². The Morgan fingerprint density at radius 1 is 1.40 bits per heavy atom. The maximum absolute atomic E-state index is 12.0. The summed E-state index contributed by atoms with van der Waals surface area (Å²) in [5.41, 5.74) is 1.93. The topological polar surface area (TPSA) is 92.9 Å². The molecule has 2 heterocycles. The van der Waals surface area contributed by atoms with Crippen LogP contribution in [0.1, 0.15) is 16.1 Å². The van der Waals surface area contributed by atoms with E-state index in [1.54, 1.807) is 28.6 Å². The van der Waals surface area contributed by atoms with E-state index in [2.05, 4.69) is 10.1 Å². The quantitative estimate of drug-likeness (QED) is 0.738. The van der Waals surface area contributed by atoms with Crippen molar-refractivity contribution in [1.82, 2.24) is 19.3 Å². The second kappa shape index (κ2) is 4.37. The normalized spacial score (nSPS) is 11.1. The SMILES string of the molecule is Cn1nccc1Cn1c(=O)[nH]c2cc(C(=O)O)ccc21. The Kier molecular flexibility index (Phi) is 2.67. The van der Waals surface area contributed by atoms with Crippen molar-refractivity contribution in [1.29, 1.82) is 0 Å². The third-order valence-corrected chi connectivity index (χ3v) is 3.26. The molecule has 0 aliphatic heterocycles. The van der Waals surface area contributed by atoms with E-state index in [0.717, 1.165) is 5.69 Å². The molecule has 0 aliphatic rings. The molecule has 0 fully saturated rings. The standard InChI is InChI=1S/C13H12N4O3/c1-16-9(4-5-14-16)7-17-11-3-2-8(12(18)19)6-10(11)15-13(17)20/h2-6H,7H2,1H3,(H,15,20)(H,18,19). The van der Waals surface area contributed by atoms with Gasteiger partial charge in [-0.3, -0.25) is 9.25 Å². The van der Waals surface area contributed by atoms with Gasteiger partial charge in [0.2, 0.25) is 0 Å². The summed E-state index contributed by atoms with van der Waals surface area (Å²) in [7, 11) is 1.80. The molecule has 0 bridgehead atoms. The minimum atomic E-state index is -1.02. The first-order valence-corrected chi connectivity index (χ1v) is 5.99. The first kappa shape index (κ1) is 12.2. The van der Waals surface area contributed by atoms with E-state index < -0.39 is 5.97 Å². The van der Waals surface area contributed by atoms with Gasteiger partial charge in [0.05, 0.1) is 28.8 Å². The number of aromatic nitrogens is 4. The van der Waals surface area contributed by atoms with Crippen LogP contribution in [0.25, 0.3) is 11.0 Å². The van der Waals surface area contributed by atoms with Gasteiger partial charge in [-0.15, -0.1) is 0 Å². The summed E-state index contributed by atoms with van der Waals surface area (Å²) in [4.78, 5) is 25.6. The number of carbonyl (C=O) groups is 1. The van der Waals surface area contributed by atoms with Crippen molar-refractivity contribution in [2.24, 2.45) is 7.05 Å². The fraction of sp³-hybridized carbons (Fsp3) is 0.154. The van der Waals surface area contributed by atoms with E-state index in [1.807, 2.05) is 6.07 Å². The largest absolute Gasteiger partial charge is 0.478 e. The number of rotatable bonds is 3. The highest BCUT2D eigenvalue weighted by atomic mass is 16.4. The predicted molar refractivity (Wildman–Crippen MR) is 71.8 cm³/mol. The van der Waals surface area contributed by atoms with Crippen molar-refractivity contribution in [2.45, 2.75) is 6.54 Å². The number of aromatic carboxylic acids is 1. The summed E-state index contributed by atoms with van der Waals surface area (Å²) in [5, 5.41) is 13.0. The summed E-state index contributed by atoms with van der Waals surface area (Å²) < 4.78 is 3.24. The zero-order valence-electron chi connectivity index (χ0n) is 10.7. The van der Waals surface area contributed by atoms with Crippen LogP contribution in [-0.2, 0) is 13.6 Å². The summed E-state index contributed by atoms with van der Waals surface area (Å²) in [6.07, 6.45) is 1.66. The van der Waals surface area contributed by atoms with Crippen molar-refractivity contribution in [3.63, 3.8) is 0 Å². The molecule has 2 N–H and O–H groups in total. The molecule has 0 saturated heterocycles. The highest BCUT2D eigenvalue weighted by Gasteiger charge is 2.11. The third kappa shape index (κ3) is 1.89. The molecule has 20 heavy (non-hydrogen) atoms. The molecule has 3 rings (SSSR count). The van der Waals surface area contributed by atoms with Gasteiger partial charge in [0, 0.05) is 13.2 Å². The van der Waals surface area contributed by atoms with Crippen molar-refractivity contribution in [3.8, 4) is 0 Å². The van der Waals surface area contributed by atoms with Crippen LogP contribution < -0.4 is 5.69 Å². The van der Waals surface area contributed by atoms with Gasteiger partial charge in [-0.25, -0.2) is 9.59 Å². The number of hydrogen-bond donors (Lipinski definition) is 2. The number of benzene rings is 1. The molecule has 102 valence electrons. The van der Waals surface area contributed by atoms with Gasteiger partial charge < -0.3 is 10.1 Å². The van der Waals surface area contributed by atoms with Crippen LogP contribution >= 0.6 is 0 Å². The van der Waals surface area contributed by atoms with E-state index in [4.69, 9.17) is 5.11 Å². The Balaban J connectivity index is 2.12. The number of carboxylic acid groups (broad SMARTS) is 1. The molecule has 7 heteroatoms. The molecule has 0 spiro atoms. The van der Waals surface area contributed by atoms with Gasteiger partial charge in [-0.2, -0.15) is 5.10 Å². The number of nitrogens with one attached hydrogen (secondary N) is 1. The Morgan fingerprint density at radius 2 is 2.20 bits per heavy atom. The smallest absolute Gasteiger partial charge is 0.335 e. The van der Waals surface area contributed by atoms with Crippen LogP contribution in [0.5, 0.6) is 0 Å². The van der Waals surface area contributed by atoms with Gasteiger partial charge in [0.1, 0.15) is 0 Å². The molecule has 0 atom stereocenters. The first-order valence-electron chi connectivity index (χ1n) is 5.99. The third-order valence-electron chi connectivity index (χ3n) is 3.26. The van der Waals surface area contributed by atoms with Crippen LogP contribution in [-0.4, -0.2) is 30.4 Å². The number of H-pyrrole nitrogens is 1. The van der Waals surface area contributed by atoms with Crippen molar-refractivity contribution in [2.75, 3.05) is 0 Å². The maximum atomic E-state index is 12.0. The second-order valence-corrected chi connectivity index (χ2v) is 4.50. The highest BCUT2D eigenvalue weighted by Crippen LogP contribution is 2.14. The number of carboxylic acids is 1. The van der Waals surface area contributed by atoms with E-state index >= 15 is 0 Å². The van der Waals surface area contributed by atoms with E-state index in [-0.39, 0.29) is 11.3 Å². The Bertz CT molecular complexity index is 856. The molecule has 0 unspecified atom stereocenters. The Labute approximate surface area is 113 Å². The molecular formula is C13H12N4O3. The van der Waals surface area contributed by atoms with Crippen LogP contribution in [0.3, 0.4) is 0 Å². The number of imidazole rings is 1. The van der Waals surface area contributed by atoms with Gasteiger partial charge in [0.25, 0.3) is 0 Å². The lowest BCUT2D eigenvalue weighted by Crippen LogP contribution is -2.18. The average Bonchev–Trinajstić information content (AvgIpc) is 2.94. The summed E-state index contributed by atoms with van der Waals surface area (Å²) in [6.45, 7) is 0.377. The van der Waals surface area contributed by atoms with Crippen LogP contribution in [0.15, 0.2) is 35.3 Å². The number of aromatic amines is 1. The maximum Gasteiger partial charge on any atom is 0.335 e. The van der Waals surface area contributed by atoms with Crippen molar-refractivity contribution < 1.29 is 9.90 Å².